The molecule has 0 aliphatic carbocycles. The van der Waals surface area contributed by atoms with Crippen molar-refractivity contribution in [2.45, 2.75) is 30.0 Å². The van der Waals surface area contributed by atoms with Gasteiger partial charge in [0.15, 0.2) is 0 Å². The number of fused-ring (bicyclic) bond motifs is 1. The lowest BCUT2D eigenvalue weighted by Gasteiger charge is -2.25. The van der Waals surface area contributed by atoms with Crippen molar-refractivity contribution in [3.8, 4) is 6.07 Å². The van der Waals surface area contributed by atoms with Gasteiger partial charge in [0.1, 0.15) is 22.0 Å². The monoisotopic (exact) mass is 779 g/mol. The average Bonchev–Trinajstić information content (AvgIpc) is 3.52. The van der Waals surface area contributed by atoms with Crippen molar-refractivity contribution in [2.24, 2.45) is 0 Å². The predicted octanol–water partition coefficient (Wildman–Crippen LogP) is 8.71. The summed E-state index contributed by atoms with van der Waals surface area (Å²) in [5.41, 5.74) is 3.15. The number of benzene rings is 4. The summed E-state index contributed by atoms with van der Waals surface area (Å²) in [5, 5.41) is 18.8. The topological polar surface area (TPSA) is 131 Å². The maximum absolute atomic E-state index is 14.0. The lowest BCUT2D eigenvalue weighted by Crippen LogP contribution is -2.33. The summed E-state index contributed by atoms with van der Waals surface area (Å²) in [6, 6.07) is 32.0. The summed E-state index contributed by atoms with van der Waals surface area (Å²) in [6.45, 7) is 2.43. The standard InChI is InChI=1S/C40H31Cl2N5O4S2/c1-24(48)47-19-18-30-31(22-43)40(53-34(30)23-47)46-39(51)36(25-10-4-2-5-11-25)52-29-16-9-15-28(21-29)44-38(50)33(20-27-14-8-17-32(41)35(27)42)45-37(49)26-12-6-3-7-13-26/h2-17,20-21,36H,18-19,23H2,1H3,(H,44,50)(H,45,49)(H,46,51)/b33-20+. The predicted molar refractivity (Wildman–Crippen MR) is 211 cm³/mol. The fourth-order valence-electron chi connectivity index (χ4n) is 5.67. The smallest absolute Gasteiger partial charge is 0.272 e. The molecule has 13 heteroatoms. The van der Waals surface area contributed by atoms with Gasteiger partial charge in [0.2, 0.25) is 11.8 Å². The second-order valence-corrected chi connectivity index (χ2v) is 15.0. The molecule has 0 saturated carbocycles. The molecule has 0 bridgehead atoms. The van der Waals surface area contributed by atoms with Crippen LogP contribution in [0.3, 0.4) is 0 Å². The Bertz CT molecular complexity index is 2270. The van der Waals surface area contributed by atoms with Crippen molar-refractivity contribution in [1.29, 1.82) is 5.26 Å². The van der Waals surface area contributed by atoms with E-state index in [9.17, 15) is 24.4 Å². The molecule has 4 aromatic carbocycles. The zero-order valence-corrected chi connectivity index (χ0v) is 31.3. The van der Waals surface area contributed by atoms with Gasteiger partial charge in [0, 0.05) is 34.5 Å². The first-order valence-electron chi connectivity index (χ1n) is 16.4. The molecule has 4 amide bonds. The molecule has 0 radical (unpaired) electrons. The van der Waals surface area contributed by atoms with E-state index in [0.717, 1.165) is 16.0 Å². The van der Waals surface area contributed by atoms with Crippen LogP contribution in [0.25, 0.3) is 6.08 Å². The van der Waals surface area contributed by atoms with Gasteiger partial charge < -0.3 is 20.9 Å². The minimum Gasteiger partial charge on any atom is -0.337 e. The highest BCUT2D eigenvalue weighted by Crippen LogP contribution is 2.41. The number of carbonyl (C=O) groups is 4. The van der Waals surface area contributed by atoms with Crippen molar-refractivity contribution < 1.29 is 19.2 Å². The van der Waals surface area contributed by atoms with Crippen molar-refractivity contribution >= 4 is 86.7 Å². The number of rotatable bonds is 10. The van der Waals surface area contributed by atoms with Crippen LogP contribution in [0.15, 0.2) is 114 Å². The molecule has 0 fully saturated rings. The zero-order valence-electron chi connectivity index (χ0n) is 28.2. The van der Waals surface area contributed by atoms with Crippen LogP contribution in [0, 0.1) is 11.3 Å². The lowest BCUT2D eigenvalue weighted by atomic mass is 10.0. The Morgan fingerprint density at radius 3 is 2.36 bits per heavy atom. The number of thioether (sulfide) groups is 1. The van der Waals surface area contributed by atoms with Crippen molar-refractivity contribution in [2.75, 3.05) is 17.2 Å². The Kier molecular flexibility index (Phi) is 12.0. The van der Waals surface area contributed by atoms with E-state index in [1.54, 1.807) is 71.6 Å². The Morgan fingerprint density at radius 2 is 1.64 bits per heavy atom. The van der Waals surface area contributed by atoms with E-state index in [4.69, 9.17) is 23.2 Å². The van der Waals surface area contributed by atoms with Gasteiger partial charge in [-0.05, 0) is 65.6 Å². The molecule has 1 unspecified atom stereocenters. The number of thiophene rings is 1. The molecule has 1 aromatic heterocycles. The quantitative estimate of drug-likeness (QED) is 0.0960. The van der Waals surface area contributed by atoms with Gasteiger partial charge in [-0.1, -0.05) is 89.9 Å². The number of anilines is 2. The highest BCUT2D eigenvalue weighted by atomic mass is 35.5. The molecule has 53 heavy (non-hydrogen) atoms. The van der Waals surface area contributed by atoms with Crippen LogP contribution in [0.5, 0.6) is 0 Å². The number of carbonyl (C=O) groups excluding carboxylic acids is 4. The van der Waals surface area contributed by atoms with Crippen molar-refractivity contribution in [3.05, 3.63) is 152 Å². The number of nitrogens with zero attached hydrogens (tertiary/aromatic N) is 2. The Balaban J connectivity index is 1.25. The number of amides is 4. The fraction of sp³-hybridized carbons (Fsp3) is 0.125. The number of nitriles is 1. The highest BCUT2D eigenvalue weighted by Gasteiger charge is 2.29. The second-order valence-electron chi connectivity index (χ2n) is 11.9. The van der Waals surface area contributed by atoms with Gasteiger partial charge in [-0.25, -0.2) is 0 Å². The van der Waals surface area contributed by atoms with E-state index < -0.39 is 17.1 Å². The van der Waals surface area contributed by atoms with Crippen LogP contribution in [-0.4, -0.2) is 35.1 Å². The molecule has 9 nitrogen and oxygen atoms in total. The Hall–Kier alpha value is -5.38. The van der Waals surface area contributed by atoms with Crippen LogP contribution in [0.1, 0.15) is 49.7 Å². The van der Waals surface area contributed by atoms with E-state index in [1.807, 2.05) is 36.4 Å². The van der Waals surface area contributed by atoms with Crippen molar-refractivity contribution in [1.82, 2.24) is 10.2 Å². The molecule has 5 aromatic rings. The minimum atomic E-state index is -0.730. The van der Waals surface area contributed by atoms with Crippen LogP contribution >= 0.6 is 46.3 Å². The first-order valence-corrected chi connectivity index (χ1v) is 18.8. The molecule has 266 valence electrons. The highest BCUT2D eigenvalue weighted by molar-refractivity contribution is 8.00. The lowest BCUT2D eigenvalue weighted by molar-refractivity contribution is -0.129. The molecule has 1 aliphatic heterocycles. The van der Waals surface area contributed by atoms with Crippen LogP contribution in [-0.2, 0) is 27.3 Å². The SMILES string of the molecule is CC(=O)N1CCc2c(sc(NC(=O)C(Sc3cccc(NC(=O)/C(=C\c4cccc(Cl)c4Cl)NC(=O)c4ccccc4)c3)c3ccccc3)c2C#N)C1. The van der Waals surface area contributed by atoms with E-state index in [-0.39, 0.29) is 22.5 Å². The fourth-order valence-corrected chi connectivity index (χ4v) is 8.33. The summed E-state index contributed by atoms with van der Waals surface area (Å²) < 4.78 is 0. The van der Waals surface area contributed by atoms with E-state index >= 15 is 0 Å². The van der Waals surface area contributed by atoms with Crippen molar-refractivity contribution in [3.63, 3.8) is 0 Å². The summed E-state index contributed by atoms with van der Waals surface area (Å²) in [5.74, 6) is -1.48. The Labute approximate surface area is 324 Å². The van der Waals surface area contributed by atoms with Gasteiger partial charge >= 0.3 is 0 Å². The third-order valence-corrected chi connectivity index (χ3v) is 11.6. The van der Waals surface area contributed by atoms with Gasteiger partial charge in [-0.15, -0.1) is 23.1 Å². The molecule has 1 aliphatic rings. The summed E-state index contributed by atoms with van der Waals surface area (Å²) in [4.78, 5) is 56.2. The van der Waals surface area contributed by atoms with E-state index in [0.29, 0.717) is 56.8 Å². The van der Waals surface area contributed by atoms with Crippen LogP contribution in [0.4, 0.5) is 10.7 Å². The normalized spacial score (nSPS) is 12.9. The Morgan fingerprint density at radius 1 is 0.925 bits per heavy atom. The van der Waals surface area contributed by atoms with Gasteiger partial charge in [0.25, 0.3) is 11.8 Å². The van der Waals surface area contributed by atoms with Gasteiger partial charge in [-0.2, -0.15) is 5.26 Å². The van der Waals surface area contributed by atoms with E-state index in [1.165, 1.54) is 36.1 Å². The third kappa shape index (κ3) is 8.99. The van der Waals surface area contributed by atoms with Gasteiger partial charge in [0.05, 0.1) is 22.2 Å². The minimum absolute atomic E-state index is 0.0400. The van der Waals surface area contributed by atoms with E-state index in [2.05, 4.69) is 22.0 Å². The maximum atomic E-state index is 14.0. The molecule has 6 rings (SSSR count). The molecule has 0 spiro atoms. The molecular formula is C40H31Cl2N5O4S2. The summed E-state index contributed by atoms with van der Waals surface area (Å²) >= 11 is 15.2. The maximum Gasteiger partial charge on any atom is 0.272 e. The largest absolute Gasteiger partial charge is 0.337 e. The molecule has 3 N–H and O–H groups in total. The molecule has 0 saturated heterocycles. The van der Waals surface area contributed by atoms with Crippen LogP contribution < -0.4 is 16.0 Å². The number of hydrogen-bond acceptors (Lipinski definition) is 7. The molecular weight excluding hydrogens is 750 g/mol. The molecule has 1 atom stereocenters. The van der Waals surface area contributed by atoms with Crippen LogP contribution in [0.2, 0.25) is 10.0 Å². The summed E-state index contributed by atoms with van der Waals surface area (Å²) in [6.07, 6.45) is 1.99. The first kappa shape index (κ1) is 37.4. The molecule has 2 heterocycles. The second kappa shape index (κ2) is 17.0. The van der Waals surface area contributed by atoms with Gasteiger partial charge in [-0.3, -0.25) is 19.2 Å². The average molecular weight is 781 g/mol. The summed E-state index contributed by atoms with van der Waals surface area (Å²) in [7, 11) is 0. The number of halogens is 2. The number of nitrogens with one attached hydrogen (secondary N) is 3. The number of hydrogen-bond donors (Lipinski definition) is 3. The zero-order chi connectivity index (χ0) is 37.5. The third-order valence-electron chi connectivity index (χ3n) is 8.35. The first-order chi connectivity index (χ1) is 25.6.